The van der Waals surface area contributed by atoms with Gasteiger partial charge in [-0.25, -0.2) is 26.6 Å². The van der Waals surface area contributed by atoms with Gasteiger partial charge in [-0.1, -0.05) is 28.6 Å². The number of ether oxygens (including phenoxy) is 1. The standard InChI is InChI=1S/C20H15ClF5N3O4S/c21-14-8(22)1-2-13(16(14)26)34-20-19(32)17(18(31)12(6-30)33-20)29-5-11(27-28-29)7-3-9(23)15(25)10(24)4-7/h1-5,12,17-20,30-32H,6H2. The normalized spacial score (nSPS) is 25.0. The molecule has 1 aliphatic heterocycles. The molecule has 2 heterocycles. The number of rotatable bonds is 5. The van der Waals surface area contributed by atoms with Crippen LogP contribution in [0.3, 0.4) is 0 Å². The van der Waals surface area contributed by atoms with Crippen molar-refractivity contribution in [2.45, 2.75) is 34.7 Å². The van der Waals surface area contributed by atoms with Crippen LogP contribution in [-0.4, -0.2) is 60.7 Å². The third-order valence-electron chi connectivity index (χ3n) is 5.19. The minimum Gasteiger partial charge on any atom is -0.394 e. The summed E-state index contributed by atoms with van der Waals surface area (Å²) in [6, 6.07) is 2.08. The van der Waals surface area contributed by atoms with Crippen molar-refractivity contribution in [3.63, 3.8) is 0 Å². The van der Waals surface area contributed by atoms with Crippen molar-refractivity contribution in [1.82, 2.24) is 15.0 Å². The molecule has 1 aromatic heterocycles. The number of hydrogen-bond acceptors (Lipinski definition) is 7. The minimum atomic E-state index is -1.66. The van der Waals surface area contributed by atoms with E-state index < -0.39 is 70.5 Å². The van der Waals surface area contributed by atoms with Crippen LogP contribution >= 0.6 is 23.4 Å². The van der Waals surface area contributed by atoms with E-state index in [0.717, 1.165) is 23.0 Å². The van der Waals surface area contributed by atoms with Gasteiger partial charge in [0.25, 0.3) is 0 Å². The molecule has 1 saturated heterocycles. The molecule has 1 aliphatic rings. The monoisotopic (exact) mass is 523 g/mol. The topological polar surface area (TPSA) is 101 Å². The number of aromatic nitrogens is 3. The van der Waals surface area contributed by atoms with Crippen LogP contribution in [0.4, 0.5) is 22.0 Å². The van der Waals surface area contributed by atoms with Crippen molar-refractivity contribution < 1.29 is 42.0 Å². The average molecular weight is 524 g/mol. The Morgan fingerprint density at radius 3 is 2.32 bits per heavy atom. The van der Waals surface area contributed by atoms with E-state index in [2.05, 4.69) is 10.3 Å². The first-order valence-electron chi connectivity index (χ1n) is 9.61. The number of hydrogen-bond donors (Lipinski definition) is 3. The van der Waals surface area contributed by atoms with E-state index in [-0.39, 0.29) is 16.2 Å². The summed E-state index contributed by atoms with van der Waals surface area (Å²) >= 11 is 6.22. The zero-order chi connectivity index (χ0) is 24.7. The predicted molar refractivity (Wildman–Crippen MR) is 109 cm³/mol. The highest BCUT2D eigenvalue weighted by atomic mass is 35.5. The molecule has 0 aliphatic carbocycles. The molecular weight excluding hydrogens is 509 g/mol. The number of aliphatic hydroxyl groups excluding tert-OH is 3. The van der Waals surface area contributed by atoms with Crippen LogP contribution in [-0.2, 0) is 4.74 Å². The van der Waals surface area contributed by atoms with Gasteiger partial charge in [-0.2, -0.15) is 0 Å². The van der Waals surface area contributed by atoms with Crippen molar-refractivity contribution in [3.8, 4) is 11.3 Å². The van der Waals surface area contributed by atoms with Gasteiger partial charge in [0, 0.05) is 10.5 Å². The largest absolute Gasteiger partial charge is 0.394 e. The molecule has 34 heavy (non-hydrogen) atoms. The molecule has 0 saturated carbocycles. The summed E-state index contributed by atoms with van der Waals surface area (Å²) in [5, 5.41) is 37.9. The molecule has 1 fully saturated rings. The first-order chi connectivity index (χ1) is 16.1. The maximum atomic E-state index is 14.4. The molecule has 0 radical (unpaired) electrons. The van der Waals surface area contributed by atoms with Gasteiger partial charge < -0.3 is 20.1 Å². The Hall–Kier alpha value is -2.29. The van der Waals surface area contributed by atoms with E-state index in [9.17, 15) is 37.3 Å². The number of nitrogens with zero attached hydrogens (tertiary/aromatic N) is 3. The van der Waals surface area contributed by atoms with Crippen LogP contribution in [0.15, 0.2) is 35.4 Å². The van der Waals surface area contributed by atoms with Crippen LogP contribution in [0, 0.1) is 29.1 Å². The van der Waals surface area contributed by atoms with E-state index in [4.69, 9.17) is 16.3 Å². The summed E-state index contributed by atoms with van der Waals surface area (Å²) in [6.45, 7) is -0.690. The molecule has 7 nitrogen and oxygen atoms in total. The Morgan fingerprint density at radius 1 is 1.00 bits per heavy atom. The molecule has 14 heteroatoms. The Labute approximate surface area is 197 Å². The zero-order valence-corrected chi connectivity index (χ0v) is 18.3. The summed E-state index contributed by atoms with van der Waals surface area (Å²) in [4.78, 5) is -0.168. The van der Waals surface area contributed by atoms with E-state index in [0.29, 0.717) is 23.9 Å². The Morgan fingerprint density at radius 2 is 1.68 bits per heavy atom. The Balaban J connectivity index is 1.65. The average Bonchev–Trinajstić information content (AvgIpc) is 3.29. The second-order valence-corrected chi connectivity index (χ2v) is 8.84. The molecule has 182 valence electrons. The Kier molecular flexibility index (Phi) is 7.12. The van der Waals surface area contributed by atoms with Crippen LogP contribution in [0.1, 0.15) is 6.04 Å². The first-order valence-corrected chi connectivity index (χ1v) is 10.9. The third-order valence-corrected chi connectivity index (χ3v) is 6.72. The van der Waals surface area contributed by atoms with Gasteiger partial charge in [0.2, 0.25) is 0 Å². The summed E-state index contributed by atoms with van der Waals surface area (Å²) in [6.07, 6.45) is -3.23. The molecule has 5 atom stereocenters. The lowest BCUT2D eigenvalue weighted by Crippen LogP contribution is -2.55. The van der Waals surface area contributed by atoms with E-state index >= 15 is 0 Å². The highest BCUT2D eigenvalue weighted by Gasteiger charge is 2.46. The summed E-state index contributed by atoms with van der Waals surface area (Å²) in [7, 11) is 0. The number of aliphatic hydroxyl groups is 3. The van der Waals surface area contributed by atoms with Gasteiger partial charge in [0.05, 0.1) is 12.8 Å². The molecule has 0 spiro atoms. The van der Waals surface area contributed by atoms with Crippen molar-refractivity contribution in [3.05, 3.63) is 64.6 Å². The SMILES string of the molecule is OCC1OC(Sc2ccc(F)c(Cl)c2F)C(O)C(n2cc(-c3cc(F)c(F)c(F)c3)nn2)C1O. The highest BCUT2D eigenvalue weighted by Crippen LogP contribution is 2.40. The van der Waals surface area contributed by atoms with E-state index in [1.54, 1.807) is 0 Å². The van der Waals surface area contributed by atoms with Gasteiger partial charge in [-0.05, 0) is 24.3 Å². The number of benzene rings is 2. The fourth-order valence-corrected chi connectivity index (χ4v) is 4.78. The highest BCUT2D eigenvalue weighted by molar-refractivity contribution is 7.99. The predicted octanol–water partition coefficient (Wildman–Crippen LogP) is 3.07. The molecule has 5 unspecified atom stereocenters. The van der Waals surface area contributed by atoms with Crippen molar-refractivity contribution in [2.24, 2.45) is 0 Å². The lowest BCUT2D eigenvalue weighted by molar-refractivity contribution is -0.178. The summed E-state index contributed by atoms with van der Waals surface area (Å²) in [5.74, 6) is -6.64. The van der Waals surface area contributed by atoms with Gasteiger partial charge in [-0.15, -0.1) is 5.10 Å². The van der Waals surface area contributed by atoms with Crippen LogP contribution in [0.5, 0.6) is 0 Å². The van der Waals surface area contributed by atoms with Crippen LogP contribution in [0.2, 0.25) is 5.02 Å². The quantitative estimate of drug-likeness (QED) is 0.349. The number of halogens is 6. The molecule has 0 amide bonds. The van der Waals surface area contributed by atoms with E-state index in [1.165, 1.54) is 0 Å². The second-order valence-electron chi connectivity index (χ2n) is 7.33. The summed E-state index contributed by atoms with van der Waals surface area (Å²) in [5.41, 5.74) is -1.55. The number of thioether (sulfide) groups is 1. The first kappa shape index (κ1) is 24.8. The van der Waals surface area contributed by atoms with Crippen molar-refractivity contribution in [1.29, 1.82) is 0 Å². The fraction of sp³-hybridized carbons (Fsp3) is 0.300. The fourth-order valence-electron chi connectivity index (χ4n) is 3.46. The van der Waals surface area contributed by atoms with Crippen LogP contribution < -0.4 is 0 Å². The van der Waals surface area contributed by atoms with Gasteiger partial charge in [0.1, 0.15) is 46.3 Å². The molecule has 4 rings (SSSR count). The molecule has 2 aromatic carbocycles. The minimum absolute atomic E-state index is 0.107. The van der Waals surface area contributed by atoms with Crippen molar-refractivity contribution >= 4 is 23.4 Å². The smallest absolute Gasteiger partial charge is 0.194 e. The lowest BCUT2D eigenvalue weighted by atomic mass is 9.97. The van der Waals surface area contributed by atoms with Crippen LogP contribution in [0.25, 0.3) is 11.3 Å². The zero-order valence-electron chi connectivity index (χ0n) is 16.7. The van der Waals surface area contributed by atoms with Gasteiger partial charge in [0.15, 0.2) is 23.3 Å². The molecular formula is C20H15ClF5N3O4S. The van der Waals surface area contributed by atoms with E-state index in [1.807, 2.05) is 0 Å². The van der Waals surface area contributed by atoms with Gasteiger partial charge in [-0.3, -0.25) is 0 Å². The second kappa shape index (κ2) is 9.76. The van der Waals surface area contributed by atoms with Gasteiger partial charge >= 0.3 is 0 Å². The third kappa shape index (κ3) is 4.51. The Bertz CT molecular complexity index is 1200. The molecule has 0 bridgehead atoms. The molecule has 3 aromatic rings. The molecule has 3 N–H and O–H groups in total. The van der Waals surface area contributed by atoms with Crippen molar-refractivity contribution in [2.75, 3.05) is 6.61 Å². The summed E-state index contributed by atoms with van der Waals surface area (Å²) < 4.78 is 74.7. The lowest BCUT2D eigenvalue weighted by Gasteiger charge is -2.41. The maximum absolute atomic E-state index is 14.4. The maximum Gasteiger partial charge on any atom is 0.194 e.